The van der Waals surface area contributed by atoms with E-state index >= 15 is 0 Å². The number of H-pyrrole nitrogens is 1. The van der Waals surface area contributed by atoms with Gasteiger partial charge in [0.2, 0.25) is 5.91 Å². The van der Waals surface area contributed by atoms with Gasteiger partial charge in [0, 0.05) is 36.7 Å². The molecule has 1 amide bonds. The molecule has 1 aromatic heterocycles. The molecule has 27 heavy (non-hydrogen) atoms. The van der Waals surface area contributed by atoms with Gasteiger partial charge in [-0.3, -0.25) is 4.79 Å². The highest BCUT2D eigenvalue weighted by Crippen LogP contribution is 2.46. The topological polar surface area (TPSA) is 132 Å². The van der Waals surface area contributed by atoms with Crippen LogP contribution in [-0.4, -0.2) is 44.6 Å². The van der Waals surface area contributed by atoms with Gasteiger partial charge in [0.05, 0.1) is 12.0 Å². The van der Waals surface area contributed by atoms with Crippen LogP contribution in [0.2, 0.25) is 0 Å². The lowest BCUT2D eigenvalue weighted by atomic mass is 9.87. The van der Waals surface area contributed by atoms with Crippen molar-refractivity contribution in [2.24, 2.45) is 11.8 Å². The van der Waals surface area contributed by atoms with Gasteiger partial charge in [-0.2, -0.15) is 0 Å². The number of carboxylic acids is 2. The summed E-state index contributed by atoms with van der Waals surface area (Å²) < 4.78 is 0. The fraction of sp³-hybridized carbons (Fsp3) is 0.579. The molecular weight excluding hydrogens is 350 g/mol. The quantitative estimate of drug-likeness (QED) is 0.539. The van der Waals surface area contributed by atoms with Crippen LogP contribution in [0.25, 0.3) is 0 Å². The Morgan fingerprint density at radius 2 is 1.81 bits per heavy atom. The molecule has 4 N–H and O–H groups in total. The number of imidazole rings is 1. The normalized spacial score (nSPS) is 21.9. The summed E-state index contributed by atoms with van der Waals surface area (Å²) in [6.07, 6.45) is 13.7. The van der Waals surface area contributed by atoms with Crippen LogP contribution in [0, 0.1) is 11.8 Å². The fourth-order valence-electron chi connectivity index (χ4n) is 3.44. The summed E-state index contributed by atoms with van der Waals surface area (Å²) in [5.41, 5.74) is 1.03. The first kappa shape index (κ1) is 20.7. The molecule has 0 saturated heterocycles. The predicted molar refractivity (Wildman–Crippen MR) is 98.0 cm³/mol. The smallest absolute Gasteiger partial charge is 0.328 e. The second-order valence-electron chi connectivity index (χ2n) is 7.04. The number of rotatable bonds is 7. The van der Waals surface area contributed by atoms with Gasteiger partial charge in [-0.05, 0) is 18.8 Å². The van der Waals surface area contributed by atoms with E-state index in [-0.39, 0.29) is 11.8 Å². The zero-order chi connectivity index (χ0) is 19.6. The molecular formula is C19H27N3O5. The highest BCUT2D eigenvalue weighted by Gasteiger charge is 2.44. The summed E-state index contributed by atoms with van der Waals surface area (Å²) in [7, 11) is 0. The van der Waals surface area contributed by atoms with E-state index in [1.54, 1.807) is 6.33 Å². The zero-order valence-electron chi connectivity index (χ0n) is 15.3. The van der Waals surface area contributed by atoms with Gasteiger partial charge in [0.1, 0.15) is 0 Å². The number of carboxylic acid groups (broad SMARTS) is 2. The summed E-state index contributed by atoms with van der Waals surface area (Å²) in [5.74, 6) is -0.936. The number of aromatic nitrogens is 2. The van der Waals surface area contributed by atoms with Crippen LogP contribution >= 0.6 is 0 Å². The van der Waals surface area contributed by atoms with Crippen LogP contribution in [0.1, 0.15) is 56.6 Å². The highest BCUT2D eigenvalue weighted by molar-refractivity contribution is 5.89. The lowest BCUT2D eigenvalue weighted by Gasteiger charge is -2.21. The minimum absolute atomic E-state index is 0.162. The molecule has 2 aliphatic carbocycles. The average Bonchev–Trinajstić information content (AvgIpc) is 3.26. The summed E-state index contributed by atoms with van der Waals surface area (Å²) in [6, 6.07) is 0. The third kappa shape index (κ3) is 7.64. The van der Waals surface area contributed by atoms with E-state index in [0.29, 0.717) is 18.1 Å². The maximum absolute atomic E-state index is 12.0. The van der Waals surface area contributed by atoms with Crippen LogP contribution in [0.4, 0.5) is 0 Å². The number of hydrogen-bond acceptors (Lipinski definition) is 4. The van der Waals surface area contributed by atoms with E-state index in [4.69, 9.17) is 10.2 Å². The van der Waals surface area contributed by atoms with Gasteiger partial charge in [0.15, 0.2) is 0 Å². The third-order valence-electron chi connectivity index (χ3n) is 4.97. The van der Waals surface area contributed by atoms with Gasteiger partial charge >= 0.3 is 11.9 Å². The minimum Gasteiger partial charge on any atom is -0.478 e. The van der Waals surface area contributed by atoms with E-state index in [9.17, 15) is 14.4 Å². The molecule has 1 aromatic rings. The highest BCUT2D eigenvalue weighted by atomic mass is 16.4. The molecule has 0 radical (unpaired) electrons. The molecule has 0 aliphatic heterocycles. The molecule has 0 spiro atoms. The summed E-state index contributed by atoms with van der Waals surface area (Å²) >= 11 is 0. The van der Waals surface area contributed by atoms with E-state index < -0.39 is 11.9 Å². The van der Waals surface area contributed by atoms with Crippen molar-refractivity contribution < 1.29 is 24.6 Å². The standard InChI is InChI=1S/C15H23N3O.C4H4O4/c19-15(13-8-12(13)14-9-16-10-18-14)17-7-6-11-4-2-1-3-5-11;5-3(6)1-2-4(7)8/h9-13H,1-8H2,(H,16,18)(H,17,19);1-2H,(H,5,6)(H,7,8)/b;2-1-/t12-,13-;/m0./s1. The number of nitrogens with one attached hydrogen (secondary N) is 2. The Morgan fingerprint density at radius 3 is 2.37 bits per heavy atom. The fourth-order valence-corrected chi connectivity index (χ4v) is 3.44. The summed E-state index contributed by atoms with van der Waals surface area (Å²) in [5, 5.41) is 18.7. The Labute approximate surface area is 158 Å². The Kier molecular flexibility index (Phi) is 8.03. The molecule has 2 fully saturated rings. The Bertz CT molecular complexity index is 634. The predicted octanol–water partition coefficient (Wildman–Crippen LogP) is 2.31. The molecule has 1 heterocycles. The summed E-state index contributed by atoms with van der Waals surface area (Å²) in [4.78, 5) is 38.3. The first-order valence-electron chi connectivity index (χ1n) is 9.37. The van der Waals surface area contributed by atoms with Crippen molar-refractivity contribution >= 4 is 17.8 Å². The summed E-state index contributed by atoms with van der Waals surface area (Å²) in [6.45, 7) is 0.854. The van der Waals surface area contributed by atoms with Crippen molar-refractivity contribution in [2.75, 3.05) is 6.54 Å². The first-order chi connectivity index (χ1) is 13.0. The van der Waals surface area contributed by atoms with Crippen molar-refractivity contribution in [3.8, 4) is 0 Å². The van der Waals surface area contributed by atoms with E-state index in [1.165, 1.54) is 32.1 Å². The molecule has 2 atom stereocenters. The maximum Gasteiger partial charge on any atom is 0.328 e. The number of hydrogen-bond donors (Lipinski definition) is 4. The van der Waals surface area contributed by atoms with Crippen molar-refractivity contribution in [3.63, 3.8) is 0 Å². The van der Waals surface area contributed by atoms with Crippen molar-refractivity contribution in [1.82, 2.24) is 15.3 Å². The largest absolute Gasteiger partial charge is 0.478 e. The Balaban J connectivity index is 0.000000279. The molecule has 2 saturated carbocycles. The minimum atomic E-state index is -1.26. The first-order valence-corrected chi connectivity index (χ1v) is 9.37. The SMILES string of the molecule is O=C(NCCC1CCCCC1)[C@H]1C[C@@H]1c1c[nH]cn1.O=C(O)/C=C\C(=O)O. The van der Waals surface area contributed by atoms with Crippen molar-refractivity contribution in [1.29, 1.82) is 0 Å². The Hall–Kier alpha value is -2.64. The van der Waals surface area contributed by atoms with Crippen LogP contribution in [0.5, 0.6) is 0 Å². The lowest BCUT2D eigenvalue weighted by Crippen LogP contribution is -2.28. The average molecular weight is 377 g/mol. The van der Waals surface area contributed by atoms with Gasteiger partial charge in [-0.1, -0.05) is 32.1 Å². The number of carbonyl (C=O) groups excluding carboxylic acids is 1. The monoisotopic (exact) mass is 377 g/mol. The van der Waals surface area contributed by atoms with Crippen LogP contribution in [-0.2, 0) is 14.4 Å². The van der Waals surface area contributed by atoms with E-state index in [2.05, 4.69) is 15.3 Å². The van der Waals surface area contributed by atoms with Crippen LogP contribution in [0.3, 0.4) is 0 Å². The molecule has 0 bridgehead atoms. The molecule has 148 valence electrons. The lowest BCUT2D eigenvalue weighted by molar-refractivity contribution is -0.134. The molecule has 2 aliphatic rings. The maximum atomic E-state index is 12.0. The zero-order valence-corrected chi connectivity index (χ0v) is 15.3. The van der Waals surface area contributed by atoms with Crippen LogP contribution in [0.15, 0.2) is 24.7 Å². The number of amides is 1. The molecule has 8 nitrogen and oxygen atoms in total. The number of aliphatic carboxylic acids is 2. The number of carbonyl (C=O) groups is 3. The van der Waals surface area contributed by atoms with Crippen molar-refractivity contribution in [2.45, 2.75) is 50.9 Å². The second kappa shape index (κ2) is 10.5. The van der Waals surface area contributed by atoms with Gasteiger partial charge in [-0.15, -0.1) is 0 Å². The third-order valence-corrected chi connectivity index (χ3v) is 4.97. The Morgan fingerprint density at radius 1 is 1.15 bits per heavy atom. The molecule has 0 unspecified atom stereocenters. The van der Waals surface area contributed by atoms with Gasteiger partial charge in [0.25, 0.3) is 0 Å². The van der Waals surface area contributed by atoms with E-state index in [1.807, 2.05) is 6.20 Å². The van der Waals surface area contributed by atoms with Gasteiger partial charge < -0.3 is 20.5 Å². The van der Waals surface area contributed by atoms with Crippen molar-refractivity contribution in [3.05, 3.63) is 30.4 Å². The second-order valence-corrected chi connectivity index (χ2v) is 7.04. The molecule has 0 aromatic carbocycles. The number of nitrogens with zero attached hydrogens (tertiary/aromatic N) is 1. The van der Waals surface area contributed by atoms with E-state index in [0.717, 1.165) is 31.0 Å². The molecule has 8 heteroatoms. The van der Waals surface area contributed by atoms with Crippen LogP contribution < -0.4 is 5.32 Å². The number of aromatic amines is 1. The van der Waals surface area contributed by atoms with Gasteiger partial charge in [-0.25, -0.2) is 14.6 Å². The molecule has 3 rings (SSSR count).